The zero-order chi connectivity index (χ0) is 14.8. The number of halogens is 2. The number of nitrogens with zero attached hydrogens (tertiary/aromatic N) is 1. The van der Waals surface area contributed by atoms with Crippen LogP contribution in [0.4, 0.5) is 15.9 Å². The molecule has 9 heteroatoms. The van der Waals surface area contributed by atoms with Gasteiger partial charge in [0, 0.05) is 10.7 Å². The number of hydrogen-bond acceptors (Lipinski definition) is 5. The average molecular weight is 361 g/mol. The standard InChI is InChI=1S/C11H10BrFN4O2S/c12-7-3-4-9(8(13)6-7)17-20(18,19)10-2-1-5-15-11(10)16-14/h1-6,17H,14H2,(H,15,16). The lowest BCUT2D eigenvalue weighted by atomic mass is 10.3. The van der Waals surface area contributed by atoms with Crippen LogP contribution in [0.1, 0.15) is 0 Å². The zero-order valence-corrected chi connectivity index (χ0v) is 12.4. The molecule has 20 heavy (non-hydrogen) atoms. The lowest BCUT2D eigenvalue weighted by Crippen LogP contribution is -2.19. The number of rotatable bonds is 4. The molecule has 0 saturated carbocycles. The third-order valence-corrected chi connectivity index (χ3v) is 4.26. The molecule has 0 amide bonds. The van der Waals surface area contributed by atoms with Crippen LogP contribution in [-0.2, 0) is 10.0 Å². The fraction of sp³-hybridized carbons (Fsp3) is 0. The second-order valence-corrected chi connectivity index (χ2v) is 6.29. The van der Waals surface area contributed by atoms with E-state index in [2.05, 4.69) is 31.1 Å². The normalized spacial score (nSPS) is 11.2. The maximum atomic E-state index is 13.7. The van der Waals surface area contributed by atoms with Crippen molar-refractivity contribution in [1.82, 2.24) is 4.98 Å². The molecule has 0 spiro atoms. The quantitative estimate of drug-likeness (QED) is 0.572. The van der Waals surface area contributed by atoms with Gasteiger partial charge in [0.15, 0.2) is 5.82 Å². The minimum absolute atomic E-state index is 0.0301. The molecule has 0 bridgehead atoms. The first-order valence-corrected chi connectivity index (χ1v) is 7.61. The van der Waals surface area contributed by atoms with E-state index in [1.54, 1.807) is 0 Å². The van der Waals surface area contributed by atoms with Gasteiger partial charge >= 0.3 is 0 Å². The molecule has 106 valence electrons. The van der Waals surface area contributed by atoms with E-state index in [1.807, 2.05) is 0 Å². The summed E-state index contributed by atoms with van der Waals surface area (Å²) in [6.45, 7) is 0. The average Bonchev–Trinajstić information content (AvgIpc) is 2.42. The van der Waals surface area contributed by atoms with Crippen LogP contribution >= 0.6 is 15.9 Å². The number of nitrogens with two attached hydrogens (primary N) is 1. The van der Waals surface area contributed by atoms with Gasteiger partial charge in [0.25, 0.3) is 10.0 Å². The molecule has 1 aromatic carbocycles. The van der Waals surface area contributed by atoms with Gasteiger partial charge in [-0.15, -0.1) is 0 Å². The number of nitrogens with one attached hydrogen (secondary N) is 2. The van der Waals surface area contributed by atoms with Crippen molar-refractivity contribution in [2.75, 3.05) is 10.1 Å². The van der Waals surface area contributed by atoms with E-state index in [4.69, 9.17) is 5.84 Å². The molecule has 0 radical (unpaired) electrons. The molecule has 0 aliphatic rings. The Bertz CT molecular complexity index is 739. The van der Waals surface area contributed by atoms with Gasteiger partial charge in [0.2, 0.25) is 0 Å². The van der Waals surface area contributed by atoms with Crippen molar-refractivity contribution in [3.05, 3.63) is 46.8 Å². The summed E-state index contributed by atoms with van der Waals surface area (Å²) in [5, 5.41) is 0. The molecule has 0 aliphatic heterocycles. The Labute approximate surface area is 123 Å². The smallest absolute Gasteiger partial charge is 0.265 e. The summed E-state index contributed by atoms with van der Waals surface area (Å²) in [7, 11) is -4.00. The molecule has 0 saturated heterocycles. The highest BCUT2D eigenvalue weighted by molar-refractivity contribution is 9.10. The SMILES string of the molecule is NNc1ncccc1S(=O)(=O)Nc1ccc(Br)cc1F. The third kappa shape index (κ3) is 3.06. The number of sulfonamides is 1. The number of hydrogen-bond donors (Lipinski definition) is 3. The van der Waals surface area contributed by atoms with Gasteiger partial charge in [-0.2, -0.15) is 0 Å². The minimum atomic E-state index is -4.00. The van der Waals surface area contributed by atoms with Gasteiger partial charge in [-0.3, -0.25) is 4.72 Å². The van der Waals surface area contributed by atoms with Crippen LogP contribution in [0.3, 0.4) is 0 Å². The second kappa shape index (κ2) is 5.73. The van der Waals surface area contributed by atoms with E-state index >= 15 is 0 Å². The summed E-state index contributed by atoms with van der Waals surface area (Å²) in [5.41, 5.74) is 2.01. The number of nitrogen functional groups attached to an aromatic ring is 1. The zero-order valence-electron chi connectivity index (χ0n) is 9.97. The number of hydrazine groups is 1. The first-order valence-electron chi connectivity index (χ1n) is 5.33. The molecule has 1 aromatic heterocycles. The maximum Gasteiger partial charge on any atom is 0.265 e. The van der Waals surface area contributed by atoms with E-state index in [9.17, 15) is 12.8 Å². The molecular formula is C11H10BrFN4O2S. The molecule has 0 fully saturated rings. The summed E-state index contributed by atoms with van der Waals surface area (Å²) >= 11 is 3.09. The van der Waals surface area contributed by atoms with Crippen molar-refractivity contribution in [1.29, 1.82) is 0 Å². The Hall–Kier alpha value is -1.71. The molecule has 2 aromatic rings. The fourth-order valence-corrected chi connectivity index (χ4v) is 3.01. The van der Waals surface area contributed by atoms with Gasteiger partial charge in [-0.25, -0.2) is 23.6 Å². The van der Waals surface area contributed by atoms with Crippen molar-refractivity contribution in [3.8, 4) is 0 Å². The predicted molar refractivity (Wildman–Crippen MR) is 77.0 cm³/mol. The van der Waals surface area contributed by atoms with E-state index in [0.717, 1.165) is 6.07 Å². The monoisotopic (exact) mass is 360 g/mol. The van der Waals surface area contributed by atoms with E-state index < -0.39 is 15.8 Å². The fourth-order valence-electron chi connectivity index (χ4n) is 1.49. The Morgan fingerprint density at radius 3 is 2.70 bits per heavy atom. The largest absolute Gasteiger partial charge is 0.307 e. The highest BCUT2D eigenvalue weighted by atomic mass is 79.9. The number of anilines is 2. The molecular weight excluding hydrogens is 351 g/mol. The van der Waals surface area contributed by atoms with E-state index in [1.165, 1.54) is 30.5 Å². The Morgan fingerprint density at radius 2 is 2.05 bits per heavy atom. The van der Waals surface area contributed by atoms with E-state index in [0.29, 0.717) is 4.47 Å². The summed E-state index contributed by atoms with van der Waals surface area (Å²) in [5.74, 6) is 4.48. The van der Waals surface area contributed by atoms with Crippen LogP contribution in [0.2, 0.25) is 0 Å². The first-order chi connectivity index (χ1) is 9.44. The van der Waals surface area contributed by atoms with Crippen LogP contribution in [-0.4, -0.2) is 13.4 Å². The molecule has 2 rings (SSSR count). The lowest BCUT2D eigenvalue weighted by Gasteiger charge is -2.11. The third-order valence-electron chi connectivity index (χ3n) is 2.37. The van der Waals surface area contributed by atoms with Crippen LogP contribution in [0.25, 0.3) is 0 Å². The van der Waals surface area contributed by atoms with Crippen LogP contribution < -0.4 is 16.0 Å². The van der Waals surface area contributed by atoms with Gasteiger partial charge < -0.3 is 5.43 Å². The highest BCUT2D eigenvalue weighted by Crippen LogP contribution is 2.24. The van der Waals surface area contributed by atoms with E-state index in [-0.39, 0.29) is 16.4 Å². The minimum Gasteiger partial charge on any atom is -0.307 e. The lowest BCUT2D eigenvalue weighted by molar-refractivity contribution is 0.598. The van der Waals surface area contributed by atoms with Gasteiger partial charge in [-0.05, 0) is 30.3 Å². The second-order valence-electron chi connectivity index (χ2n) is 3.72. The molecule has 0 aliphatic carbocycles. The number of aromatic nitrogens is 1. The first kappa shape index (κ1) is 14.7. The Morgan fingerprint density at radius 1 is 1.30 bits per heavy atom. The van der Waals surface area contributed by atoms with Crippen LogP contribution in [0.5, 0.6) is 0 Å². The number of benzene rings is 1. The molecule has 0 unspecified atom stereocenters. The van der Waals surface area contributed by atoms with Crippen molar-refractivity contribution in [2.45, 2.75) is 4.90 Å². The van der Waals surface area contributed by atoms with Gasteiger partial charge in [-0.1, -0.05) is 15.9 Å². The summed E-state index contributed by atoms with van der Waals surface area (Å²) in [4.78, 5) is 3.61. The molecule has 6 nitrogen and oxygen atoms in total. The summed E-state index contributed by atoms with van der Waals surface area (Å²) in [6, 6.07) is 6.73. The molecule has 4 N–H and O–H groups in total. The number of pyridine rings is 1. The predicted octanol–water partition coefficient (Wildman–Crippen LogP) is 2.07. The van der Waals surface area contributed by atoms with Crippen molar-refractivity contribution in [2.24, 2.45) is 5.84 Å². The molecule has 1 heterocycles. The summed E-state index contributed by atoms with van der Waals surface area (Å²) < 4.78 is 40.7. The Balaban J connectivity index is 2.41. The maximum absolute atomic E-state index is 13.7. The van der Waals surface area contributed by atoms with Crippen LogP contribution in [0.15, 0.2) is 45.9 Å². The van der Waals surface area contributed by atoms with Crippen LogP contribution in [0, 0.1) is 5.82 Å². The topological polar surface area (TPSA) is 97.1 Å². The van der Waals surface area contributed by atoms with Crippen molar-refractivity contribution >= 4 is 37.5 Å². The Kier molecular flexibility index (Phi) is 4.21. The van der Waals surface area contributed by atoms with Crippen molar-refractivity contribution < 1.29 is 12.8 Å². The van der Waals surface area contributed by atoms with Crippen molar-refractivity contribution in [3.63, 3.8) is 0 Å². The van der Waals surface area contributed by atoms with Gasteiger partial charge in [0.1, 0.15) is 10.7 Å². The van der Waals surface area contributed by atoms with Gasteiger partial charge in [0.05, 0.1) is 5.69 Å². The highest BCUT2D eigenvalue weighted by Gasteiger charge is 2.20. The molecule has 0 atom stereocenters. The summed E-state index contributed by atoms with van der Waals surface area (Å²) in [6.07, 6.45) is 1.38.